The van der Waals surface area contributed by atoms with Gasteiger partial charge in [-0.25, -0.2) is 4.98 Å². The lowest BCUT2D eigenvalue weighted by molar-refractivity contribution is 0.0940. The fraction of sp³-hybridized carbons (Fsp3) is 0.318. The smallest absolute Gasteiger partial charge is 0.292 e. The normalized spacial score (nSPS) is 13.8. The van der Waals surface area contributed by atoms with Crippen LogP contribution in [-0.4, -0.2) is 40.3 Å². The van der Waals surface area contributed by atoms with Crippen molar-refractivity contribution in [2.45, 2.75) is 32.7 Å². The summed E-state index contributed by atoms with van der Waals surface area (Å²) in [6.45, 7) is 5.92. The number of carbonyl (C=O) groups excluding carboxylic acids is 2. The Morgan fingerprint density at radius 2 is 1.72 bits per heavy atom. The molecular formula is C22H25N5O2. The zero-order valence-electron chi connectivity index (χ0n) is 16.7. The zero-order valence-corrected chi connectivity index (χ0v) is 16.7. The van der Waals surface area contributed by atoms with Crippen LogP contribution in [0.5, 0.6) is 0 Å². The lowest BCUT2D eigenvalue weighted by Crippen LogP contribution is -2.30. The number of imidazole rings is 1. The molecule has 3 heterocycles. The van der Waals surface area contributed by atoms with Crippen LogP contribution in [0.15, 0.2) is 48.7 Å². The molecule has 7 heteroatoms. The minimum absolute atomic E-state index is 0.0191. The molecule has 1 saturated heterocycles. The summed E-state index contributed by atoms with van der Waals surface area (Å²) in [7, 11) is 0. The molecule has 0 bridgehead atoms. The number of hydrogen-bond donors (Lipinski definition) is 2. The Balaban J connectivity index is 1.57. The highest BCUT2D eigenvalue weighted by atomic mass is 16.2. The van der Waals surface area contributed by atoms with Gasteiger partial charge in [0.2, 0.25) is 5.82 Å². The molecule has 2 aromatic heterocycles. The van der Waals surface area contributed by atoms with Crippen molar-refractivity contribution in [3.8, 4) is 0 Å². The Hall–Kier alpha value is -3.35. The number of nitrogens with zero attached hydrogens (tertiary/aromatic N) is 3. The first kappa shape index (κ1) is 19.0. The van der Waals surface area contributed by atoms with Crippen molar-refractivity contribution in [2.24, 2.45) is 0 Å². The Morgan fingerprint density at radius 1 is 1.00 bits per heavy atom. The minimum atomic E-state index is -0.358. The van der Waals surface area contributed by atoms with Gasteiger partial charge in [-0.2, -0.15) is 0 Å². The average molecular weight is 391 g/mol. The van der Waals surface area contributed by atoms with Crippen LogP contribution >= 0.6 is 0 Å². The lowest BCUT2D eigenvalue weighted by atomic mass is 10.2. The van der Waals surface area contributed by atoms with Gasteiger partial charge < -0.3 is 15.5 Å². The highest BCUT2D eigenvalue weighted by molar-refractivity contribution is 6.06. The molecule has 0 aliphatic carbocycles. The zero-order chi connectivity index (χ0) is 20.4. The van der Waals surface area contributed by atoms with Gasteiger partial charge in [-0.05, 0) is 63.1 Å². The van der Waals surface area contributed by atoms with Crippen LogP contribution in [0.4, 0.5) is 11.4 Å². The topological polar surface area (TPSA) is 78.7 Å². The molecule has 0 unspecified atom stereocenters. The van der Waals surface area contributed by atoms with E-state index in [2.05, 4.69) is 20.5 Å². The maximum atomic E-state index is 12.9. The molecule has 1 fully saturated rings. The van der Waals surface area contributed by atoms with E-state index < -0.39 is 0 Å². The summed E-state index contributed by atoms with van der Waals surface area (Å²) in [5.41, 5.74) is 2.70. The molecule has 4 rings (SSSR count). The molecule has 1 aliphatic rings. The average Bonchev–Trinajstić information content (AvgIpc) is 3.36. The molecule has 2 amide bonds. The van der Waals surface area contributed by atoms with Gasteiger partial charge in [-0.3, -0.25) is 14.0 Å². The Labute approximate surface area is 169 Å². The predicted octanol–water partition coefficient (Wildman–Crippen LogP) is 3.33. The van der Waals surface area contributed by atoms with Gasteiger partial charge in [-0.1, -0.05) is 6.07 Å². The first-order chi connectivity index (χ1) is 14.0. The molecule has 7 nitrogen and oxygen atoms in total. The lowest BCUT2D eigenvalue weighted by Gasteiger charge is -2.17. The van der Waals surface area contributed by atoms with E-state index in [4.69, 9.17) is 0 Å². The second kappa shape index (κ2) is 7.95. The third-order valence-electron chi connectivity index (χ3n) is 4.98. The van der Waals surface area contributed by atoms with E-state index in [1.54, 1.807) is 22.7 Å². The van der Waals surface area contributed by atoms with Gasteiger partial charge in [0, 0.05) is 36.7 Å². The maximum absolute atomic E-state index is 12.9. The molecule has 1 aliphatic heterocycles. The quantitative estimate of drug-likeness (QED) is 0.699. The summed E-state index contributed by atoms with van der Waals surface area (Å²) in [4.78, 5) is 32.1. The van der Waals surface area contributed by atoms with Crippen molar-refractivity contribution >= 4 is 28.7 Å². The van der Waals surface area contributed by atoms with Crippen molar-refractivity contribution in [1.29, 1.82) is 0 Å². The fourth-order valence-corrected chi connectivity index (χ4v) is 3.61. The molecule has 150 valence electrons. The van der Waals surface area contributed by atoms with Gasteiger partial charge in [0.05, 0.1) is 5.52 Å². The first-order valence-corrected chi connectivity index (χ1v) is 9.97. The third-order valence-corrected chi connectivity index (χ3v) is 4.98. The van der Waals surface area contributed by atoms with E-state index >= 15 is 0 Å². The number of aromatic nitrogens is 2. The Bertz CT molecular complexity index is 1030. The monoisotopic (exact) mass is 391 g/mol. The van der Waals surface area contributed by atoms with E-state index in [-0.39, 0.29) is 29.4 Å². The van der Waals surface area contributed by atoms with Crippen LogP contribution < -0.4 is 15.5 Å². The highest BCUT2D eigenvalue weighted by Gasteiger charge is 2.22. The molecule has 1 aromatic carbocycles. The van der Waals surface area contributed by atoms with Crippen LogP contribution in [-0.2, 0) is 0 Å². The van der Waals surface area contributed by atoms with Crippen molar-refractivity contribution in [1.82, 2.24) is 14.7 Å². The first-order valence-electron chi connectivity index (χ1n) is 9.97. The van der Waals surface area contributed by atoms with Crippen molar-refractivity contribution in [2.75, 3.05) is 23.3 Å². The molecule has 2 N–H and O–H groups in total. The largest absolute Gasteiger partial charge is 0.372 e. The standard InChI is InChI=1S/C22H25N5O2/c1-15(2)23-21(28)19-18-7-3-4-14-27(18)20(25-19)22(29)24-16-8-10-17(11-9-16)26-12-5-6-13-26/h3-4,7-11,14-15H,5-6,12-13H2,1-2H3,(H,23,28)(H,24,29). The summed E-state index contributed by atoms with van der Waals surface area (Å²) in [6.07, 6.45) is 4.18. The number of amides is 2. The second-order valence-corrected chi connectivity index (χ2v) is 7.56. The van der Waals surface area contributed by atoms with E-state index in [0.717, 1.165) is 13.1 Å². The Kier molecular flexibility index (Phi) is 5.20. The van der Waals surface area contributed by atoms with Crippen molar-refractivity contribution in [3.63, 3.8) is 0 Å². The summed E-state index contributed by atoms with van der Waals surface area (Å²) >= 11 is 0. The van der Waals surface area contributed by atoms with Gasteiger partial charge in [0.25, 0.3) is 11.8 Å². The number of fused-ring (bicyclic) bond motifs is 1. The Morgan fingerprint density at radius 3 is 2.41 bits per heavy atom. The number of carbonyl (C=O) groups is 2. The summed E-state index contributed by atoms with van der Waals surface area (Å²) in [6, 6.07) is 13.2. The molecule has 3 aromatic rings. The van der Waals surface area contributed by atoms with E-state index in [0.29, 0.717) is 11.2 Å². The number of hydrogen-bond acceptors (Lipinski definition) is 4. The number of pyridine rings is 1. The van der Waals surface area contributed by atoms with Crippen LogP contribution in [0.2, 0.25) is 0 Å². The SMILES string of the molecule is CC(C)NC(=O)c1nc(C(=O)Nc2ccc(N3CCCC3)cc2)n2ccccc12. The van der Waals surface area contributed by atoms with Gasteiger partial charge in [0.15, 0.2) is 5.69 Å². The molecule has 0 saturated carbocycles. The van der Waals surface area contributed by atoms with Crippen LogP contribution in [0.3, 0.4) is 0 Å². The molecule has 0 atom stereocenters. The number of anilines is 2. The van der Waals surface area contributed by atoms with E-state index in [9.17, 15) is 9.59 Å². The number of benzene rings is 1. The van der Waals surface area contributed by atoms with Crippen LogP contribution in [0.1, 0.15) is 47.8 Å². The molecule has 0 spiro atoms. The van der Waals surface area contributed by atoms with E-state index in [1.807, 2.05) is 44.2 Å². The number of nitrogens with one attached hydrogen (secondary N) is 2. The maximum Gasteiger partial charge on any atom is 0.292 e. The fourth-order valence-electron chi connectivity index (χ4n) is 3.61. The predicted molar refractivity (Wildman–Crippen MR) is 114 cm³/mol. The third kappa shape index (κ3) is 3.94. The van der Waals surface area contributed by atoms with Crippen LogP contribution in [0.25, 0.3) is 5.52 Å². The molecule has 0 radical (unpaired) electrons. The van der Waals surface area contributed by atoms with Gasteiger partial charge in [0.1, 0.15) is 0 Å². The second-order valence-electron chi connectivity index (χ2n) is 7.56. The van der Waals surface area contributed by atoms with Crippen LogP contribution in [0, 0.1) is 0 Å². The number of rotatable bonds is 5. The summed E-state index contributed by atoms with van der Waals surface area (Å²) in [5.74, 6) is -0.473. The molecular weight excluding hydrogens is 366 g/mol. The molecule has 29 heavy (non-hydrogen) atoms. The van der Waals surface area contributed by atoms with E-state index in [1.165, 1.54) is 18.5 Å². The van der Waals surface area contributed by atoms with Gasteiger partial charge in [-0.15, -0.1) is 0 Å². The van der Waals surface area contributed by atoms with Crippen molar-refractivity contribution < 1.29 is 9.59 Å². The minimum Gasteiger partial charge on any atom is -0.372 e. The summed E-state index contributed by atoms with van der Waals surface area (Å²) in [5, 5.41) is 5.72. The highest BCUT2D eigenvalue weighted by Crippen LogP contribution is 2.22. The van der Waals surface area contributed by atoms with Crippen molar-refractivity contribution in [3.05, 3.63) is 60.2 Å². The summed E-state index contributed by atoms with van der Waals surface area (Å²) < 4.78 is 1.64. The van der Waals surface area contributed by atoms with Gasteiger partial charge >= 0.3 is 0 Å².